The second-order valence-corrected chi connectivity index (χ2v) is 14.3. The lowest BCUT2D eigenvalue weighted by Crippen LogP contribution is -2.45. The normalized spacial score (nSPS) is 15.1. The van der Waals surface area contributed by atoms with Gasteiger partial charge in [-0.15, -0.1) is 0 Å². The molecule has 0 saturated heterocycles. The number of carbonyl (C=O) groups excluding carboxylic acids is 1. The minimum Gasteiger partial charge on any atom is -0.756 e. The van der Waals surface area contributed by atoms with Crippen LogP contribution in [0.3, 0.4) is 0 Å². The molecular formula is C33H67N2O6P. The van der Waals surface area contributed by atoms with Crippen molar-refractivity contribution in [3.05, 3.63) is 12.2 Å². The fourth-order valence-electron chi connectivity index (χ4n) is 4.68. The van der Waals surface area contributed by atoms with E-state index in [2.05, 4.69) is 19.2 Å². The number of aliphatic hydroxyl groups excluding tert-OH is 1. The molecule has 0 aromatic heterocycles. The summed E-state index contributed by atoms with van der Waals surface area (Å²) in [5, 5.41) is 13.5. The zero-order chi connectivity index (χ0) is 31.5. The molecule has 0 aliphatic carbocycles. The van der Waals surface area contributed by atoms with Crippen LogP contribution in [0.25, 0.3) is 0 Å². The first kappa shape index (κ1) is 41.2. The zero-order valence-corrected chi connectivity index (χ0v) is 28.9. The number of hydrogen-bond acceptors (Lipinski definition) is 6. The Balaban J connectivity index is 4.38. The van der Waals surface area contributed by atoms with Crippen molar-refractivity contribution in [2.45, 2.75) is 154 Å². The van der Waals surface area contributed by atoms with E-state index in [-0.39, 0.29) is 19.1 Å². The third kappa shape index (κ3) is 28.0. The fraction of sp³-hybridized carbons (Fsp3) is 0.909. The molecule has 8 nitrogen and oxygen atoms in total. The van der Waals surface area contributed by atoms with Gasteiger partial charge in [0.05, 0.1) is 39.9 Å². The van der Waals surface area contributed by atoms with Crippen molar-refractivity contribution in [1.29, 1.82) is 0 Å². The Labute approximate surface area is 259 Å². The van der Waals surface area contributed by atoms with Gasteiger partial charge in [-0.1, -0.05) is 129 Å². The SMILES string of the molecule is CCCCCCCCCCCCCCCC/C=C/C(O)C(COP(=O)([O-])OCC[N+](C)(C)C)NC(=O)CCCCCC. The zero-order valence-electron chi connectivity index (χ0n) is 28.0. The molecule has 0 bridgehead atoms. The van der Waals surface area contributed by atoms with Crippen LogP contribution in [0.15, 0.2) is 12.2 Å². The molecule has 0 aromatic rings. The van der Waals surface area contributed by atoms with Gasteiger partial charge in [0, 0.05) is 6.42 Å². The molecule has 0 rings (SSSR count). The van der Waals surface area contributed by atoms with Crippen molar-refractivity contribution < 1.29 is 32.9 Å². The summed E-state index contributed by atoms with van der Waals surface area (Å²) in [5.41, 5.74) is 0. The number of allylic oxidation sites excluding steroid dienone is 1. The first-order valence-electron chi connectivity index (χ1n) is 17.1. The summed E-state index contributed by atoms with van der Waals surface area (Å²) in [6, 6.07) is -0.875. The number of aliphatic hydroxyl groups is 1. The van der Waals surface area contributed by atoms with Gasteiger partial charge < -0.3 is 28.8 Å². The second-order valence-electron chi connectivity index (χ2n) is 12.9. The van der Waals surface area contributed by atoms with E-state index in [0.29, 0.717) is 17.4 Å². The molecule has 3 unspecified atom stereocenters. The summed E-state index contributed by atoms with van der Waals surface area (Å²) in [7, 11) is 1.26. The number of rotatable bonds is 30. The van der Waals surface area contributed by atoms with E-state index in [0.717, 1.165) is 44.9 Å². The molecule has 0 spiro atoms. The molecule has 2 N–H and O–H groups in total. The maximum Gasteiger partial charge on any atom is 0.268 e. The van der Waals surface area contributed by atoms with E-state index in [9.17, 15) is 19.4 Å². The third-order valence-corrected chi connectivity index (χ3v) is 8.46. The van der Waals surface area contributed by atoms with Gasteiger partial charge in [-0.2, -0.15) is 0 Å². The van der Waals surface area contributed by atoms with Gasteiger partial charge in [-0.05, 0) is 19.3 Å². The summed E-state index contributed by atoms with van der Waals surface area (Å²) in [5.74, 6) is -0.217. The lowest BCUT2D eigenvalue weighted by atomic mass is 10.0. The summed E-state index contributed by atoms with van der Waals surface area (Å²) >= 11 is 0. The maximum absolute atomic E-state index is 12.5. The summed E-state index contributed by atoms with van der Waals surface area (Å²) in [6.07, 6.45) is 25.9. The highest BCUT2D eigenvalue weighted by Gasteiger charge is 2.23. The van der Waals surface area contributed by atoms with Crippen molar-refractivity contribution >= 4 is 13.7 Å². The van der Waals surface area contributed by atoms with Crippen LogP contribution in [-0.4, -0.2) is 68.5 Å². The Hall–Kier alpha value is -0.760. The number of likely N-dealkylation sites (N-methyl/N-ethyl adjacent to an activating group) is 1. The van der Waals surface area contributed by atoms with Gasteiger partial charge in [0.25, 0.3) is 7.82 Å². The van der Waals surface area contributed by atoms with Crippen LogP contribution in [-0.2, 0) is 18.4 Å². The number of phosphoric acid groups is 1. The molecular weight excluding hydrogens is 551 g/mol. The Bertz CT molecular complexity index is 713. The smallest absolute Gasteiger partial charge is 0.268 e. The lowest BCUT2D eigenvalue weighted by Gasteiger charge is -2.29. The average molecular weight is 619 g/mol. The van der Waals surface area contributed by atoms with Crippen LogP contribution >= 0.6 is 7.82 Å². The number of nitrogens with one attached hydrogen (secondary N) is 1. The van der Waals surface area contributed by atoms with Crippen molar-refractivity contribution in [2.24, 2.45) is 0 Å². The number of carbonyl (C=O) groups is 1. The highest BCUT2D eigenvalue weighted by Crippen LogP contribution is 2.38. The molecule has 3 atom stereocenters. The molecule has 250 valence electrons. The van der Waals surface area contributed by atoms with Gasteiger partial charge in [-0.25, -0.2) is 0 Å². The van der Waals surface area contributed by atoms with E-state index in [1.807, 2.05) is 27.2 Å². The molecule has 0 saturated carbocycles. The minimum absolute atomic E-state index is 0.000379. The molecule has 0 aromatic carbocycles. The third-order valence-electron chi connectivity index (χ3n) is 7.50. The van der Waals surface area contributed by atoms with Gasteiger partial charge in [-0.3, -0.25) is 9.36 Å². The number of phosphoric ester groups is 1. The summed E-state index contributed by atoms with van der Waals surface area (Å²) < 4.78 is 22.9. The van der Waals surface area contributed by atoms with Gasteiger partial charge >= 0.3 is 0 Å². The Kier molecular flexibility index (Phi) is 26.1. The van der Waals surface area contributed by atoms with Crippen molar-refractivity contribution in [2.75, 3.05) is 40.9 Å². The number of quaternary nitrogens is 1. The lowest BCUT2D eigenvalue weighted by molar-refractivity contribution is -0.870. The van der Waals surface area contributed by atoms with Crippen molar-refractivity contribution in [3.63, 3.8) is 0 Å². The first-order valence-corrected chi connectivity index (χ1v) is 18.5. The average Bonchev–Trinajstić information content (AvgIpc) is 2.92. The topological polar surface area (TPSA) is 108 Å². The van der Waals surface area contributed by atoms with E-state index in [1.165, 1.54) is 77.0 Å². The van der Waals surface area contributed by atoms with Crippen LogP contribution in [0.5, 0.6) is 0 Å². The monoisotopic (exact) mass is 618 g/mol. The predicted octanol–water partition coefficient (Wildman–Crippen LogP) is 7.44. The predicted molar refractivity (Wildman–Crippen MR) is 173 cm³/mol. The quantitative estimate of drug-likeness (QED) is 0.0375. The molecule has 0 fully saturated rings. The Morgan fingerprint density at radius 2 is 1.29 bits per heavy atom. The van der Waals surface area contributed by atoms with E-state index in [4.69, 9.17) is 9.05 Å². The second kappa shape index (κ2) is 26.6. The van der Waals surface area contributed by atoms with Gasteiger partial charge in [0.15, 0.2) is 0 Å². The fourth-order valence-corrected chi connectivity index (χ4v) is 5.40. The number of hydrogen-bond donors (Lipinski definition) is 2. The largest absolute Gasteiger partial charge is 0.756 e. The van der Waals surface area contributed by atoms with Gasteiger partial charge in [0.1, 0.15) is 13.2 Å². The van der Waals surface area contributed by atoms with Crippen LogP contribution in [0.2, 0.25) is 0 Å². The molecule has 0 aliphatic rings. The molecule has 1 amide bonds. The highest BCUT2D eigenvalue weighted by molar-refractivity contribution is 7.45. The number of unbranched alkanes of at least 4 members (excludes halogenated alkanes) is 17. The van der Waals surface area contributed by atoms with Crippen molar-refractivity contribution in [3.8, 4) is 0 Å². The molecule has 0 radical (unpaired) electrons. The van der Waals surface area contributed by atoms with E-state index in [1.54, 1.807) is 6.08 Å². The molecule has 9 heteroatoms. The van der Waals surface area contributed by atoms with E-state index < -0.39 is 20.0 Å². The highest BCUT2D eigenvalue weighted by atomic mass is 31.2. The number of amides is 1. The molecule has 0 aliphatic heterocycles. The first-order chi connectivity index (χ1) is 20.0. The maximum atomic E-state index is 12.5. The van der Waals surface area contributed by atoms with Crippen molar-refractivity contribution in [1.82, 2.24) is 5.32 Å². The van der Waals surface area contributed by atoms with Crippen LogP contribution < -0.4 is 10.2 Å². The van der Waals surface area contributed by atoms with Crippen LogP contribution in [0.1, 0.15) is 142 Å². The molecule has 0 heterocycles. The Morgan fingerprint density at radius 1 is 0.810 bits per heavy atom. The standard InChI is InChI=1S/C33H67N2O6P/c1-6-8-10-12-13-14-15-16-17-18-19-20-21-22-23-24-26-32(36)31(34-33(37)27-25-11-9-7-2)30-41-42(38,39)40-29-28-35(3,4)5/h24,26,31-32,36H,6-23,25,27-30H2,1-5H3,(H-,34,37,38,39)/b26-24+. The molecule has 42 heavy (non-hydrogen) atoms. The summed E-state index contributed by atoms with van der Waals surface area (Å²) in [6.45, 7) is 4.49. The van der Waals surface area contributed by atoms with Crippen LogP contribution in [0, 0.1) is 0 Å². The Morgan fingerprint density at radius 3 is 1.79 bits per heavy atom. The van der Waals surface area contributed by atoms with Gasteiger partial charge in [0.2, 0.25) is 5.91 Å². The van der Waals surface area contributed by atoms with E-state index >= 15 is 0 Å². The van der Waals surface area contributed by atoms with Crippen LogP contribution in [0.4, 0.5) is 0 Å². The minimum atomic E-state index is -4.56. The number of nitrogens with zero attached hydrogens (tertiary/aromatic N) is 1. The summed E-state index contributed by atoms with van der Waals surface area (Å²) in [4.78, 5) is 24.7.